The zero-order valence-electron chi connectivity index (χ0n) is 14.2. The molecule has 6 nitrogen and oxygen atoms in total. The van der Waals surface area contributed by atoms with Crippen molar-refractivity contribution in [2.75, 3.05) is 0 Å². The van der Waals surface area contributed by atoms with Crippen LogP contribution in [0.15, 0.2) is 24.8 Å². The van der Waals surface area contributed by atoms with Crippen molar-refractivity contribution in [3.63, 3.8) is 0 Å². The van der Waals surface area contributed by atoms with Crippen LogP contribution in [0.25, 0.3) is 22.1 Å². The van der Waals surface area contributed by atoms with Crippen LogP contribution >= 0.6 is 0 Å². The van der Waals surface area contributed by atoms with E-state index in [1.54, 1.807) is 0 Å². The lowest BCUT2D eigenvalue weighted by Crippen LogP contribution is -2.31. The summed E-state index contributed by atoms with van der Waals surface area (Å²) >= 11 is 0. The molecule has 0 amide bonds. The number of esters is 1. The van der Waals surface area contributed by atoms with Gasteiger partial charge in [0.05, 0.1) is 18.0 Å². The second kappa shape index (κ2) is 5.33. The smallest absolute Gasteiger partial charge is 0.306 e. The number of hydrogen-bond donors (Lipinski definition) is 1. The van der Waals surface area contributed by atoms with Gasteiger partial charge in [0.25, 0.3) is 0 Å². The quantitative estimate of drug-likeness (QED) is 0.746. The Morgan fingerprint density at radius 2 is 2.17 bits per heavy atom. The van der Waals surface area contributed by atoms with Crippen LogP contribution in [0.3, 0.4) is 0 Å². The van der Waals surface area contributed by atoms with Gasteiger partial charge in [-0.15, -0.1) is 0 Å². The first-order valence-electron chi connectivity index (χ1n) is 8.41. The molecule has 6 heteroatoms. The van der Waals surface area contributed by atoms with Crippen molar-refractivity contribution in [3.8, 4) is 0 Å². The summed E-state index contributed by atoms with van der Waals surface area (Å²) in [5.74, 6) is 0.296. The van der Waals surface area contributed by atoms with Gasteiger partial charge in [0.15, 0.2) is 0 Å². The standard InChI is InChI=1S/C18H22N4O2/c1-18(2,3)24-15(23)8-11-6-12(7-11)22-10-21-14-9-20-17-13(16(14)22)4-5-19-17/h4-5,9-12H,6-8H2,1-3H3,(H,19,20). The number of H-pyrrole nitrogens is 1. The van der Waals surface area contributed by atoms with E-state index >= 15 is 0 Å². The summed E-state index contributed by atoms with van der Waals surface area (Å²) in [4.78, 5) is 24.0. The van der Waals surface area contributed by atoms with Gasteiger partial charge < -0.3 is 14.3 Å². The lowest BCUT2D eigenvalue weighted by molar-refractivity contribution is -0.157. The topological polar surface area (TPSA) is 72.8 Å². The van der Waals surface area contributed by atoms with Gasteiger partial charge in [0.2, 0.25) is 0 Å². The Balaban J connectivity index is 1.48. The van der Waals surface area contributed by atoms with Gasteiger partial charge in [-0.1, -0.05) is 0 Å². The summed E-state index contributed by atoms with van der Waals surface area (Å²) in [6.07, 6.45) is 8.08. The molecule has 1 saturated carbocycles. The molecule has 24 heavy (non-hydrogen) atoms. The maximum Gasteiger partial charge on any atom is 0.306 e. The fourth-order valence-electron chi connectivity index (χ4n) is 3.52. The first kappa shape index (κ1) is 15.2. The van der Waals surface area contributed by atoms with Crippen molar-refractivity contribution in [2.45, 2.75) is 51.7 Å². The van der Waals surface area contributed by atoms with E-state index in [4.69, 9.17) is 4.74 Å². The lowest BCUT2D eigenvalue weighted by Gasteiger charge is -2.36. The van der Waals surface area contributed by atoms with E-state index in [0.717, 1.165) is 34.9 Å². The number of imidazole rings is 1. The molecule has 0 bridgehead atoms. The average Bonchev–Trinajstić information content (AvgIpc) is 3.05. The van der Waals surface area contributed by atoms with Gasteiger partial charge in [-0.25, -0.2) is 9.97 Å². The normalized spacial score (nSPS) is 21.1. The minimum Gasteiger partial charge on any atom is -0.460 e. The van der Waals surface area contributed by atoms with Gasteiger partial charge in [0, 0.05) is 24.0 Å². The van der Waals surface area contributed by atoms with E-state index in [1.807, 2.05) is 45.6 Å². The predicted molar refractivity (Wildman–Crippen MR) is 91.6 cm³/mol. The van der Waals surface area contributed by atoms with Crippen LogP contribution in [-0.2, 0) is 9.53 Å². The Morgan fingerprint density at radius 1 is 1.38 bits per heavy atom. The molecule has 0 radical (unpaired) electrons. The van der Waals surface area contributed by atoms with Gasteiger partial charge in [0.1, 0.15) is 16.8 Å². The maximum atomic E-state index is 12.0. The van der Waals surface area contributed by atoms with E-state index < -0.39 is 5.60 Å². The number of rotatable bonds is 3. The molecule has 1 fully saturated rings. The highest BCUT2D eigenvalue weighted by Crippen LogP contribution is 2.42. The average molecular weight is 326 g/mol. The van der Waals surface area contributed by atoms with Crippen molar-refractivity contribution in [1.82, 2.24) is 19.5 Å². The first-order chi connectivity index (χ1) is 11.4. The minimum absolute atomic E-state index is 0.0985. The summed E-state index contributed by atoms with van der Waals surface area (Å²) in [7, 11) is 0. The first-order valence-corrected chi connectivity index (χ1v) is 8.41. The molecule has 1 aliphatic carbocycles. The summed E-state index contributed by atoms with van der Waals surface area (Å²) in [6.45, 7) is 5.72. The largest absolute Gasteiger partial charge is 0.460 e. The van der Waals surface area contributed by atoms with Crippen LogP contribution in [0.5, 0.6) is 0 Å². The molecule has 3 heterocycles. The number of hydrogen-bond acceptors (Lipinski definition) is 4. The van der Waals surface area contributed by atoms with E-state index in [9.17, 15) is 4.79 Å². The molecule has 126 valence electrons. The molecule has 3 aromatic heterocycles. The van der Waals surface area contributed by atoms with Gasteiger partial charge >= 0.3 is 5.97 Å². The predicted octanol–water partition coefficient (Wildman–Crippen LogP) is 3.60. The summed E-state index contributed by atoms with van der Waals surface area (Å²) in [6, 6.07) is 2.43. The molecule has 4 rings (SSSR count). The SMILES string of the molecule is CC(C)(C)OC(=O)CC1CC(n2cnc3cnc4[nH]ccc4c32)C1. The number of aromatic amines is 1. The molecular formula is C18H22N4O2. The van der Waals surface area contributed by atoms with E-state index in [0.29, 0.717) is 18.4 Å². The number of nitrogens with zero attached hydrogens (tertiary/aromatic N) is 3. The maximum absolute atomic E-state index is 12.0. The molecule has 1 N–H and O–H groups in total. The third-order valence-electron chi connectivity index (χ3n) is 4.60. The monoisotopic (exact) mass is 326 g/mol. The second-order valence-electron chi connectivity index (χ2n) is 7.67. The van der Waals surface area contributed by atoms with Crippen LogP contribution in [0, 0.1) is 5.92 Å². The molecular weight excluding hydrogens is 304 g/mol. The van der Waals surface area contributed by atoms with Gasteiger partial charge in [-0.3, -0.25) is 4.79 Å². The van der Waals surface area contributed by atoms with E-state index in [-0.39, 0.29) is 5.97 Å². The number of carbonyl (C=O) groups is 1. The highest BCUT2D eigenvalue weighted by atomic mass is 16.6. The van der Waals surface area contributed by atoms with Crippen molar-refractivity contribution in [2.24, 2.45) is 5.92 Å². The summed E-state index contributed by atoms with van der Waals surface area (Å²) in [5, 5.41) is 1.10. The third kappa shape index (κ3) is 2.66. The fraction of sp³-hybridized carbons (Fsp3) is 0.500. The number of fused-ring (bicyclic) bond motifs is 3. The lowest BCUT2D eigenvalue weighted by atomic mass is 9.78. The zero-order valence-corrected chi connectivity index (χ0v) is 14.2. The van der Waals surface area contributed by atoms with E-state index in [1.165, 1.54) is 0 Å². The van der Waals surface area contributed by atoms with Gasteiger partial charge in [-0.2, -0.15) is 0 Å². The third-order valence-corrected chi connectivity index (χ3v) is 4.60. The summed E-state index contributed by atoms with van der Waals surface area (Å²) in [5.41, 5.74) is 2.52. The Bertz CT molecular complexity index is 897. The molecule has 1 aliphatic rings. The minimum atomic E-state index is -0.409. The number of nitrogens with one attached hydrogen (secondary N) is 1. The number of aromatic nitrogens is 4. The fourth-order valence-corrected chi connectivity index (χ4v) is 3.52. The van der Waals surface area contributed by atoms with Crippen molar-refractivity contribution < 1.29 is 9.53 Å². The van der Waals surface area contributed by atoms with Crippen LogP contribution < -0.4 is 0 Å². The zero-order chi connectivity index (χ0) is 16.9. The van der Waals surface area contributed by atoms with Crippen molar-refractivity contribution in [1.29, 1.82) is 0 Å². The number of pyridine rings is 1. The molecule has 0 atom stereocenters. The number of ether oxygens (including phenoxy) is 1. The molecule has 0 spiro atoms. The van der Waals surface area contributed by atoms with Crippen LogP contribution in [0.2, 0.25) is 0 Å². The summed E-state index contributed by atoms with van der Waals surface area (Å²) < 4.78 is 7.65. The molecule has 3 aromatic rings. The van der Waals surface area contributed by atoms with Gasteiger partial charge in [-0.05, 0) is 45.6 Å². The molecule has 0 aromatic carbocycles. The Kier molecular flexibility index (Phi) is 3.37. The van der Waals surface area contributed by atoms with Crippen LogP contribution in [-0.4, -0.2) is 31.1 Å². The van der Waals surface area contributed by atoms with Crippen LogP contribution in [0.4, 0.5) is 0 Å². The van der Waals surface area contributed by atoms with E-state index in [2.05, 4.69) is 19.5 Å². The van der Waals surface area contributed by atoms with Crippen LogP contribution in [0.1, 0.15) is 46.1 Å². The highest BCUT2D eigenvalue weighted by molar-refractivity contribution is 6.00. The van der Waals surface area contributed by atoms with Crippen molar-refractivity contribution >= 4 is 28.0 Å². The second-order valence-corrected chi connectivity index (χ2v) is 7.67. The Hall–Kier alpha value is -2.37. The Labute approximate surface area is 140 Å². The Morgan fingerprint density at radius 3 is 2.92 bits per heavy atom. The highest BCUT2D eigenvalue weighted by Gasteiger charge is 2.34. The number of carbonyl (C=O) groups excluding carboxylic acids is 1. The molecule has 0 aliphatic heterocycles. The molecule has 0 unspecified atom stereocenters. The van der Waals surface area contributed by atoms with Crippen molar-refractivity contribution in [3.05, 3.63) is 24.8 Å². The molecule has 0 saturated heterocycles.